The first kappa shape index (κ1) is 10.6. The fourth-order valence-electron chi connectivity index (χ4n) is 2.57. The van der Waals surface area contributed by atoms with E-state index in [4.69, 9.17) is 4.74 Å². The van der Waals surface area contributed by atoms with Gasteiger partial charge in [-0.2, -0.15) is 0 Å². The first-order chi connectivity index (χ1) is 8.16. The molecule has 0 radical (unpaired) electrons. The van der Waals surface area contributed by atoms with Crippen LogP contribution in [0.1, 0.15) is 5.56 Å². The Balaban J connectivity index is 2.08. The van der Waals surface area contributed by atoms with Crippen molar-refractivity contribution in [2.75, 3.05) is 32.1 Å². The lowest BCUT2D eigenvalue weighted by molar-refractivity contribution is -0.121. The zero-order valence-corrected chi connectivity index (χ0v) is 10.1. The molecule has 1 aromatic rings. The van der Waals surface area contributed by atoms with E-state index in [9.17, 15) is 4.79 Å². The molecule has 0 fully saturated rings. The van der Waals surface area contributed by atoms with Gasteiger partial charge in [-0.3, -0.25) is 4.79 Å². The highest BCUT2D eigenvalue weighted by atomic mass is 16.5. The lowest BCUT2D eigenvalue weighted by Crippen LogP contribution is -2.51. The highest BCUT2D eigenvalue weighted by molar-refractivity contribution is 5.99. The molecule has 3 rings (SSSR count). The second-order valence-corrected chi connectivity index (χ2v) is 4.88. The predicted octanol–water partition coefficient (Wildman–Crippen LogP) is 0.898. The average molecular weight is 232 g/mol. The van der Waals surface area contributed by atoms with E-state index in [0.717, 1.165) is 24.4 Å². The summed E-state index contributed by atoms with van der Waals surface area (Å²) in [7, 11) is 4.12. The Bertz CT molecular complexity index is 470. The molecular formula is C13H16N2O2. The van der Waals surface area contributed by atoms with Crippen molar-refractivity contribution >= 4 is 11.6 Å². The van der Waals surface area contributed by atoms with Crippen molar-refractivity contribution < 1.29 is 9.53 Å². The van der Waals surface area contributed by atoms with Gasteiger partial charge in [-0.1, -0.05) is 12.1 Å². The topological polar surface area (TPSA) is 32.8 Å². The SMILES string of the molecule is CN(C)C1Cc2cccc3c2N(C1)C(=O)CO3. The van der Waals surface area contributed by atoms with Gasteiger partial charge in [-0.25, -0.2) is 0 Å². The lowest BCUT2D eigenvalue weighted by Gasteiger charge is -2.40. The third-order valence-corrected chi connectivity index (χ3v) is 3.58. The van der Waals surface area contributed by atoms with Gasteiger partial charge in [-0.05, 0) is 32.1 Å². The van der Waals surface area contributed by atoms with Gasteiger partial charge in [0.15, 0.2) is 6.61 Å². The third kappa shape index (κ3) is 1.60. The van der Waals surface area contributed by atoms with E-state index in [1.165, 1.54) is 5.56 Å². The zero-order valence-electron chi connectivity index (χ0n) is 10.1. The number of carbonyl (C=O) groups is 1. The first-order valence-corrected chi connectivity index (χ1v) is 5.88. The standard InChI is InChI=1S/C13H16N2O2/c1-14(2)10-6-9-4-3-5-11-13(9)15(7-10)12(16)8-17-11/h3-5,10H,6-8H2,1-2H3. The average Bonchev–Trinajstić information content (AvgIpc) is 2.33. The first-order valence-electron chi connectivity index (χ1n) is 5.88. The number of amides is 1. The van der Waals surface area contributed by atoms with Gasteiger partial charge in [-0.15, -0.1) is 0 Å². The number of ether oxygens (including phenoxy) is 1. The summed E-state index contributed by atoms with van der Waals surface area (Å²) < 4.78 is 5.47. The second-order valence-electron chi connectivity index (χ2n) is 4.88. The summed E-state index contributed by atoms with van der Waals surface area (Å²) in [5.41, 5.74) is 2.20. The molecule has 2 heterocycles. The van der Waals surface area contributed by atoms with Gasteiger partial charge < -0.3 is 14.5 Å². The molecular weight excluding hydrogens is 216 g/mol. The molecule has 17 heavy (non-hydrogen) atoms. The molecule has 1 aromatic carbocycles. The quantitative estimate of drug-likeness (QED) is 0.721. The van der Waals surface area contributed by atoms with Crippen LogP contribution < -0.4 is 9.64 Å². The maximum atomic E-state index is 11.9. The molecule has 0 N–H and O–H groups in total. The van der Waals surface area contributed by atoms with Gasteiger partial charge in [0.2, 0.25) is 0 Å². The zero-order chi connectivity index (χ0) is 12.0. The van der Waals surface area contributed by atoms with E-state index in [1.807, 2.05) is 17.0 Å². The molecule has 2 aliphatic heterocycles. The van der Waals surface area contributed by atoms with Crippen LogP contribution in [0.2, 0.25) is 0 Å². The van der Waals surface area contributed by atoms with Crippen LogP contribution in [0.3, 0.4) is 0 Å². The van der Waals surface area contributed by atoms with Crippen molar-refractivity contribution in [3.63, 3.8) is 0 Å². The van der Waals surface area contributed by atoms with Gasteiger partial charge in [0, 0.05) is 12.6 Å². The minimum Gasteiger partial charge on any atom is -0.482 e. The molecule has 4 nitrogen and oxygen atoms in total. The normalized spacial score (nSPS) is 22.4. The Hall–Kier alpha value is -1.55. The molecule has 0 aromatic heterocycles. The Morgan fingerprint density at radius 3 is 3.00 bits per heavy atom. The molecule has 0 aliphatic carbocycles. The Morgan fingerprint density at radius 1 is 1.41 bits per heavy atom. The number of likely N-dealkylation sites (N-methyl/N-ethyl adjacent to an activating group) is 1. The van der Waals surface area contributed by atoms with Gasteiger partial charge in [0.25, 0.3) is 5.91 Å². The maximum absolute atomic E-state index is 11.9. The monoisotopic (exact) mass is 232 g/mol. The summed E-state index contributed by atoms with van der Waals surface area (Å²) in [6.45, 7) is 0.926. The van der Waals surface area contributed by atoms with Crippen LogP contribution in [0.5, 0.6) is 5.75 Å². The largest absolute Gasteiger partial charge is 0.482 e. The highest BCUT2D eigenvalue weighted by Gasteiger charge is 2.34. The Kier molecular flexibility index (Phi) is 2.33. The number of benzene rings is 1. The fourth-order valence-corrected chi connectivity index (χ4v) is 2.57. The fraction of sp³-hybridized carbons (Fsp3) is 0.462. The highest BCUT2D eigenvalue weighted by Crippen LogP contribution is 2.39. The van der Waals surface area contributed by atoms with Crippen LogP contribution in [0.4, 0.5) is 5.69 Å². The van der Waals surface area contributed by atoms with E-state index in [0.29, 0.717) is 6.04 Å². The summed E-state index contributed by atoms with van der Waals surface area (Å²) >= 11 is 0. The van der Waals surface area contributed by atoms with E-state index < -0.39 is 0 Å². The number of nitrogens with zero attached hydrogens (tertiary/aromatic N) is 2. The molecule has 1 unspecified atom stereocenters. The predicted molar refractivity (Wildman–Crippen MR) is 65.5 cm³/mol. The number of para-hydroxylation sites is 1. The van der Waals surface area contributed by atoms with Gasteiger partial charge in [0.05, 0.1) is 5.69 Å². The minimum atomic E-state index is 0.0662. The van der Waals surface area contributed by atoms with Crippen LogP contribution in [0, 0.1) is 0 Å². The van der Waals surface area contributed by atoms with Crippen LogP contribution in [0.25, 0.3) is 0 Å². The summed E-state index contributed by atoms with van der Waals surface area (Å²) in [4.78, 5) is 16.0. The van der Waals surface area contributed by atoms with Crippen molar-refractivity contribution in [2.24, 2.45) is 0 Å². The van der Waals surface area contributed by atoms with Crippen molar-refractivity contribution in [2.45, 2.75) is 12.5 Å². The summed E-state index contributed by atoms with van der Waals surface area (Å²) in [5.74, 6) is 0.913. The molecule has 0 saturated heterocycles. The maximum Gasteiger partial charge on any atom is 0.265 e. The van der Waals surface area contributed by atoms with E-state index in [2.05, 4.69) is 25.1 Å². The smallest absolute Gasteiger partial charge is 0.265 e. The molecule has 4 heteroatoms. The number of carbonyl (C=O) groups excluding carboxylic acids is 1. The number of hydrogen-bond acceptors (Lipinski definition) is 3. The summed E-state index contributed by atoms with van der Waals surface area (Å²) in [6, 6.07) is 6.41. The van der Waals surface area contributed by atoms with Crippen molar-refractivity contribution in [3.8, 4) is 5.75 Å². The van der Waals surface area contributed by atoms with Crippen LogP contribution in [-0.4, -0.2) is 44.1 Å². The Morgan fingerprint density at radius 2 is 2.24 bits per heavy atom. The summed E-state index contributed by atoms with van der Waals surface area (Å²) in [6.07, 6.45) is 0.976. The number of rotatable bonds is 1. The van der Waals surface area contributed by atoms with Crippen molar-refractivity contribution in [3.05, 3.63) is 23.8 Å². The molecule has 2 aliphatic rings. The van der Waals surface area contributed by atoms with Gasteiger partial charge in [0.1, 0.15) is 5.75 Å². The van der Waals surface area contributed by atoms with Gasteiger partial charge >= 0.3 is 0 Å². The summed E-state index contributed by atoms with van der Waals surface area (Å²) in [5, 5.41) is 0. The minimum absolute atomic E-state index is 0.0662. The Labute approximate surface area is 101 Å². The van der Waals surface area contributed by atoms with Crippen molar-refractivity contribution in [1.29, 1.82) is 0 Å². The van der Waals surface area contributed by atoms with E-state index >= 15 is 0 Å². The van der Waals surface area contributed by atoms with Crippen molar-refractivity contribution in [1.82, 2.24) is 4.90 Å². The van der Waals surface area contributed by atoms with E-state index in [1.54, 1.807) is 0 Å². The molecule has 90 valence electrons. The third-order valence-electron chi connectivity index (χ3n) is 3.58. The van der Waals surface area contributed by atoms with Crippen LogP contribution in [0.15, 0.2) is 18.2 Å². The molecule has 0 spiro atoms. The van der Waals surface area contributed by atoms with Crippen LogP contribution >= 0.6 is 0 Å². The lowest BCUT2D eigenvalue weighted by atomic mass is 9.96. The molecule has 1 amide bonds. The second kappa shape index (κ2) is 3.74. The van der Waals surface area contributed by atoms with E-state index in [-0.39, 0.29) is 12.5 Å². The number of anilines is 1. The molecule has 0 saturated carbocycles. The molecule has 1 atom stereocenters. The number of hydrogen-bond donors (Lipinski definition) is 0. The van der Waals surface area contributed by atoms with Crippen LogP contribution in [-0.2, 0) is 11.2 Å². The molecule has 0 bridgehead atoms.